The molecule has 0 aliphatic carbocycles. The van der Waals surface area contributed by atoms with Gasteiger partial charge in [0, 0.05) is 25.0 Å². The largest absolute Gasteiger partial charge is 0.395 e. The van der Waals surface area contributed by atoms with Crippen LogP contribution in [0.15, 0.2) is 0 Å². The molecule has 0 bridgehead atoms. The molecule has 1 heterocycles. The molecule has 7 heteroatoms. The second kappa shape index (κ2) is 6.67. The minimum Gasteiger partial charge on any atom is -0.395 e. The molecule has 1 fully saturated rings. The smallest absolute Gasteiger partial charge is 0.224 e. The first-order chi connectivity index (χ1) is 8.76. The van der Waals surface area contributed by atoms with E-state index in [1.165, 1.54) is 4.90 Å². The average Bonchev–Trinajstić information content (AvgIpc) is 2.65. The molecular weight excluding hydrogens is 268 g/mol. The molecule has 0 spiro atoms. The molecule has 0 radical (unpaired) electrons. The minimum atomic E-state index is -3.04. The second-order valence-electron chi connectivity index (χ2n) is 5.48. The highest BCUT2D eigenvalue weighted by Crippen LogP contribution is 2.19. The summed E-state index contributed by atoms with van der Waals surface area (Å²) in [6, 6.07) is -0.560. The van der Waals surface area contributed by atoms with Crippen molar-refractivity contribution in [1.82, 2.24) is 4.90 Å². The fourth-order valence-electron chi connectivity index (χ4n) is 2.19. The molecule has 1 aliphatic heterocycles. The number of hydrogen-bond acceptors (Lipinski definition) is 5. The van der Waals surface area contributed by atoms with E-state index in [2.05, 4.69) is 0 Å². The van der Waals surface area contributed by atoms with Crippen LogP contribution in [0.4, 0.5) is 0 Å². The van der Waals surface area contributed by atoms with Gasteiger partial charge in [-0.15, -0.1) is 0 Å². The van der Waals surface area contributed by atoms with Crippen molar-refractivity contribution >= 4 is 15.7 Å². The Morgan fingerprint density at radius 2 is 2.11 bits per heavy atom. The van der Waals surface area contributed by atoms with Crippen LogP contribution in [0.1, 0.15) is 26.7 Å². The van der Waals surface area contributed by atoms with Crippen molar-refractivity contribution in [3.05, 3.63) is 0 Å². The number of hydrogen-bond donors (Lipinski definition) is 2. The number of aliphatic hydroxyl groups excluding tert-OH is 1. The van der Waals surface area contributed by atoms with Gasteiger partial charge in [0.25, 0.3) is 0 Å². The summed E-state index contributed by atoms with van der Waals surface area (Å²) in [5.41, 5.74) is 5.88. The second-order valence-corrected chi connectivity index (χ2v) is 7.71. The Bertz CT molecular complexity index is 408. The lowest BCUT2D eigenvalue weighted by molar-refractivity contribution is -0.134. The predicted octanol–water partition coefficient (Wildman–Crippen LogP) is -0.632. The normalized spacial score (nSPS) is 23.5. The van der Waals surface area contributed by atoms with E-state index in [-0.39, 0.29) is 55.0 Å². The SMILES string of the molecule is CC(C)C(N)CC(=O)N(CCO)C1CCS(=O)(=O)C1. The zero-order chi connectivity index (χ0) is 14.6. The van der Waals surface area contributed by atoms with Crippen LogP contribution in [-0.4, -0.2) is 61.1 Å². The van der Waals surface area contributed by atoms with Crippen LogP contribution in [-0.2, 0) is 14.6 Å². The Morgan fingerprint density at radius 3 is 2.53 bits per heavy atom. The first kappa shape index (κ1) is 16.4. The van der Waals surface area contributed by atoms with Crippen molar-refractivity contribution in [2.24, 2.45) is 11.7 Å². The van der Waals surface area contributed by atoms with Crippen molar-refractivity contribution in [2.75, 3.05) is 24.7 Å². The van der Waals surface area contributed by atoms with E-state index in [0.717, 1.165) is 0 Å². The van der Waals surface area contributed by atoms with Crippen LogP contribution >= 0.6 is 0 Å². The van der Waals surface area contributed by atoms with Gasteiger partial charge in [-0.1, -0.05) is 13.8 Å². The Balaban J connectivity index is 2.69. The molecule has 1 aliphatic rings. The Labute approximate surface area is 114 Å². The highest BCUT2D eigenvalue weighted by molar-refractivity contribution is 7.91. The van der Waals surface area contributed by atoms with Crippen molar-refractivity contribution in [3.8, 4) is 0 Å². The standard InChI is InChI=1S/C12H24N2O4S/c1-9(2)11(13)7-12(16)14(4-5-15)10-3-6-19(17,18)8-10/h9-11,15H,3-8,13H2,1-2H3. The van der Waals surface area contributed by atoms with Gasteiger partial charge < -0.3 is 15.7 Å². The van der Waals surface area contributed by atoms with Crippen molar-refractivity contribution in [2.45, 2.75) is 38.8 Å². The lowest BCUT2D eigenvalue weighted by Gasteiger charge is -2.29. The third kappa shape index (κ3) is 4.74. The van der Waals surface area contributed by atoms with Crippen LogP contribution in [0.3, 0.4) is 0 Å². The Morgan fingerprint density at radius 1 is 1.47 bits per heavy atom. The fraction of sp³-hybridized carbons (Fsp3) is 0.917. The van der Waals surface area contributed by atoms with E-state index < -0.39 is 9.84 Å². The van der Waals surface area contributed by atoms with E-state index >= 15 is 0 Å². The van der Waals surface area contributed by atoms with Crippen LogP contribution < -0.4 is 5.73 Å². The maximum absolute atomic E-state index is 12.2. The minimum absolute atomic E-state index is 0.00431. The monoisotopic (exact) mass is 292 g/mol. The molecule has 2 atom stereocenters. The van der Waals surface area contributed by atoms with Crippen molar-refractivity contribution in [1.29, 1.82) is 0 Å². The van der Waals surface area contributed by atoms with Gasteiger partial charge in [-0.2, -0.15) is 0 Å². The van der Waals surface area contributed by atoms with E-state index in [4.69, 9.17) is 10.8 Å². The first-order valence-electron chi connectivity index (χ1n) is 6.63. The molecule has 0 saturated carbocycles. The van der Waals surface area contributed by atoms with Crippen LogP contribution in [0.5, 0.6) is 0 Å². The number of sulfone groups is 1. The van der Waals surface area contributed by atoms with Crippen LogP contribution in [0, 0.1) is 5.92 Å². The molecular formula is C12H24N2O4S. The number of rotatable bonds is 6. The number of aliphatic hydroxyl groups is 1. The topological polar surface area (TPSA) is 101 Å². The van der Waals surface area contributed by atoms with E-state index in [9.17, 15) is 13.2 Å². The molecule has 6 nitrogen and oxygen atoms in total. The summed E-state index contributed by atoms with van der Waals surface area (Å²) in [5, 5.41) is 9.04. The van der Waals surface area contributed by atoms with Gasteiger partial charge in [-0.3, -0.25) is 4.79 Å². The highest BCUT2D eigenvalue weighted by atomic mass is 32.2. The first-order valence-corrected chi connectivity index (χ1v) is 8.45. The number of carbonyl (C=O) groups is 1. The highest BCUT2D eigenvalue weighted by Gasteiger charge is 2.34. The average molecular weight is 292 g/mol. The summed E-state index contributed by atoms with van der Waals surface area (Å²) >= 11 is 0. The van der Waals surface area contributed by atoms with Gasteiger partial charge in [0.1, 0.15) is 0 Å². The summed E-state index contributed by atoms with van der Waals surface area (Å²) in [7, 11) is -3.04. The van der Waals surface area contributed by atoms with Crippen molar-refractivity contribution in [3.63, 3.8) is 0 Å². The summed E-state index contributed by atoms with van der Waals surface area (Å²) in [4.78, 5) is 13.7. The Hall–Kier alpha value is -0.660. The lowest BCUT2D eigenvalue weighted by atomic mass is 10.0. The number of carbonyl (C=O) groups excluding carboxylic acids is 1. The van der Waals surface area contributed by atoms with Gasteiger partial charge in [-0.25, -0.2) is 8.42 Å². The third-order valence-corrected chi connectivity index (χ3v) is 5.33. The van der Waals surface area contributed by atoms with Crippen molar-refractivity contribution < 1.29 is 18.3 Å². The zero-order valence-corrected chi connectivity index (χ0v) is 12.4. The number of amides is 1. The van der Waals surface area contributed by atoms with Gasteiger partial charge in [0.2, 0.25) is 5.91 Å². The summed E-state index contributed by atoms with van der Waals surface area (Å²) in [6.07, 6.45) is 0.638. The fourth-order valence-corrected chi connectivity index (χ4v) is 3.93. The van der Waals surface area contributed by atoms with Crippen LogP contribution in [0.25, 0.3) is 0 Å². The molecule has 3 N–H and O–H groups in total. The molecule has 0 aromatic rings. The van der Waals surface area contributed by atoms with E-state index in [1.807, 2.05) is 13.8 Å². The molecule has 1 amide bonds. The number of nitrogens with two attached hydrogens (primary N) is 1. The quantitative estimate of drug-likeness (QED) is 0.678. The van der Waals surface area contributed by atoms with Gasteiger partial charge in [0.05, 0.1) is 18.1 Å². The van der Waals surface area contributed by atoms with Gasteiger partial charge >= 0.3 is 0 Å². The maximum atomic E-state index is 12.2. The van der Waals surface area contributed by atoms with E-state index in [0.29, 0.717) is 6.42 Å². The zero-order valence-electron chi connectivity index (χ0n) is 11.6. The number of nitrogens with zero attached hydrogens (tertiary/aromatic N) is 1. The predicted molar refractivity (Wildman–Crippen MR) is 73.3 cm³/mol. The molecule has 112 valence electrons. The third-order valence-electron chi connectivity index (χ3n) is 3.58. The molecule has 1 saturated heterocycles. The molecule has 19 heavy (non-hydrogen) atoms. The molecule has 1 rings (SSSR count). The molecule has 2 unspecified atom stereocenters. The lowest BCUT2D eigenvalue weighted by Crippen LogP contribution is -2.45. The Kier molecular flexibility index (Phi) is 5.76. The molecule has 0 aromatic carbocycles. The summed E-state index contributed by atoms with van der Waals surface area (Å²) < 4.78 is 23.0. The molecule has 0 aromatic heterocycles. The summed E-state index contributed by atoms with van der Waals surface area (Å²) in [5.74, 6) is 0.128. The summed E-state index contributed by atoms with van der Waals surface area (Å²) in [6.45, 7) is 3.88. The van der Waals surface area contributed by atoms with Gasteiger partial charge in [0.15, 0.2) is 9.84 Å². The van der Waals surface area contributed by atoms with Crippen LogP contribution in [0.2, 0.25) is 0 Å². The van der Waals surface area contributed by atoms with E-state index in [1.54, 1.807) is 0 Å². The maximum Gasteiger partial charge on any atom is 0.224 e. The van der Waals surface area contributed by atoms with Gasteiger partial charge in [-0.05, 0) is 12.3 Å².